The molecule has 0 unspecified atom stereocenters. The lowest BCUT2D eigenvalue weighted by Gasteiger charge is -2.09. The van der Waals surface area contributed by atoms with Gasteiger partial charge in [0, 0.05) is 5.56 Å². The van der Waals surface area contributed by atoms with Crippen molar-refractivity contribution in [2.45, 2.75) is 0 Å². The van der Waals surface area contributed by atoms with Crippen molar-refractivity contribution >= 4 is 17.3 Å². The maximum Gasteiger partial charge on any atom is 0.332 e. The molecule has 0 fully saturated rings. The second kappa shape index (κ2) is 5.70. The summed E-state index contributed by atoms with van der Waals surface area (Å²) in [4.78, 5) is 18.0. The van der Waals surface area contributed by atoms with Crippen LogP contribution in [0.5, 0.6) is 11.5 Å². The fourth-order valence-corrected chi connectivity index (χ4v) is 1.92. The van der Waals surface area contributed by atoms with Crippen LogP contribution in [-0.2, 0) is 0 Å². The van der Waals surface area contributed by atoms with E-state index in [1.807, 2.05) is 0 Å². The molecule has 0 atom stereocenters. The number of ether oxygens (including phenoxy) is 2. The first-order valence-corrected chi connectivity index (χ1v) is 5.83. The Balaban J connectivity index is 2.63. The van der Waals surface area contributed by atoms with Crippen LogP contribution in [0.1, 0.15) is 0 Å². The molecule has 1 aromatic heterocycles. The van der Waals surface area contributed by atoms with E-state index in [0.717, 1.165) is 0 Å². The zero-order chi connectivity index (χ0) is 14.7. The van der Waals surface area contributed by atoms with Gasteiger partial charge in [0.1, 0.15) is 6.33 Å². The van der Waals surface area contributed by atoms with Gasteiger partial charge in [-0.05, 0) is 18.2 Å². The topological polar surface area (TPSA) is 87.4 Å². The van der Waals surface area contributed by atoms with Crippen molar-refractivity contribution in [1.82, 2.24) is 9.97 Å². The largest absolute Gasteiger partial charge is 0.493 e. The van der Waals surface area contributed by atoms with Crippen molar-refractivity contribution in [1.29, 1.82) is 0 Å². The summed E-state index contributed by atoms with van der Waals surface area (Å²) in [5, 5.41) is 10.9. The van der Waals surface area contributed by atoms with Crippen molar-refractivity contribution < 1.29 is 14.4 Å². The lowest BCUT2D eigenvalue weighted by atomic mass is 10.1. The van der Waals surface area contributed by atoms with Crippen LogP contribution in [-0.4, -0.2) is 29.1 Å². The van der Waals surface area contributed by atoms with Gasteiger partial charge in [0.25, 0.3) is 0 Å². The monoisotopic (exact) mass is 295 g/mol. The molecule has 0 amide bonds. The van der Waals surface area contributed by atoms with E-state index in [1.165, 1.54) is 20.5 Å². The van der Waals surface area contributed by atoms with Crippen molar-refractivity contribution in [3.05, 3.63) is 39.8 Å². The van der Waals surface area contributed by atoms with Crippen LogP contribution < -0.4 is 9.47 Å². The Kier molecular flexibility index (Phi) is 3.99. The summed E-state index contributed by atoms with van der Waals surface area (Å²) in [6, 6.07) is 4.85. The molecule has 0 saturated carbocycles. The minimum absolute atomic E-state index is 0.121. The van der Waals surface area contributed by atoms with Gasteiger partial charge >= 0.3 is 5.69 Å². The lowest BCUT2D eigenvalue weighted by molar-refractivity contribution is -0.384. The van der Waals surface area contributed by atoms with Gasteiger partial charge in [0.2, 0.25) is 5.15 Å². The van der Waals surface area contributed by atoms with E-state index in [9.17, 15) is 10.1 Å². The smallest absolute Gasteiger partial charge is 0.332 e. The summed E-state index contributed by atoms with van der Waals surface area (Å²) >= 11 is 5.76. The highest BCUT2D eigenvalue weighted by Crippen LogP contribution is 2.36. The molecule has 1 heterocycles. The highest BCUT2D eigenvalue weighted by Gasteiger charge is 2.23. The molecule has 7 nitrogen and oxygen atoms in total. The van der Waals surface area contributed by atoms with Crippen LogP contribution in [0.2, 0.25) is 5.15 Å². The normalized spacial score (nSPS) is 10.2. The molecule has 2 aromatic rings. The van der Waals surface area contributed by atoms with Crippen molar-refractivity contribution in [3.8, 4) is 22.8 Å². The summed E-state index contributed by atoms with van der Waals surface area (Å²) in [5.41, 5.74) is 0.260. The predicted molar refractivity (Wildman–Crippen MR) is 72.2 cm³/mol. The van der Waals surface area contributed by atoms with Gasteiger partial charge in [-0.3, -0.25) is 10.1 Å². The lowest BCUT2D eigenvalue weighted by Crippen LogP contribution is -1.98. The molecular weight excluding hydrogens is 286 g/mol. The summed E-state index contributed by atoms with van der Waals surface area (Å²) in [6.45, 7) is 0. The van der Waals surface area contributed by atoms with Crippen LogP contribution in [0.15, 0.2) is 24.5 Å². The third-order valence-electron chi connectivity index (χ3n) is 2.62. The summed E-state index contributed by atoms with van der Waals surface area (Å²) in [6.07, 6.45) is 1.17. The highest BCUT2D eigenvalue weighted by atomic mass is 35.5. The number of nitrogens with zero attached hydrogens (tertiary/aromatic N) is 3. The second-order valence-electron chi connectivity index (χ2n) is 3.69. The molecule has 0 radical (unpaired) electrons. The molecule has 104 valence electrons. The number of hydrogen-bond donors (Lipinski definition) is 0. The van der Waals surface area contributed by atoms with Crippen molar-refractivity contribution in [2.24, 2.45) is 0 Å². The number of benzene rings is 1. The molecule has 2 rings (SSSR count). The minimum Gasteiger partial charge on any atom is -0.493 e. The Morgan fingerprint density at radius 3 is 2.50 bits per heavy atom. The molecular formula is C12H10ClN3O4. The van der Waals surface area contributed by atoms with E-state index in [4.69, 9.17) is 21.1 Å². The fraction of sp³-hybridized carbons (Fsp3) is 0.167. The Bertz CT molecular complexity index is 663. The Labute approximate surface area is 119 Å². The molecule has 8 heteroatoms. The zero-order valence-corrected chi connectivity index (χ0v) is 11.4. The first kappa shape index (κ1) is 14.0. The van der Waals surface area contributed by atoms with Crippen LogP contribution in [0.25, 0.3) is 11.3 Å². The average molecular weight is 296 g/mol. The number of nitro groups is 1. The van der Waals surface area contributed by atoms with E-state index >= 15 is 0 Å². The molecule has 0 aliphatic heterocycles. The first-order valence-electron chi connectivity index (χ1n) is 5.45. The van der Waals surface area contributed by atoms with Gasteiger partial charge in [-0.25, -0.2) is 9.97 Å². The molecule has 20 heavy (non-hydrogen) atoms. The van der Waals surface area contributed by atoms with Crippen LogP contribution >= 0.6 is 11.6 Å². The first-order chi connectivity index (χ1) is 9.58. The number of halogens is 1. The van der Waals surface area contributed by atoms with Crippen LogP contribution in [0.4, 0.5) is 5.69 Å². The third-order valence-corrected chi connectivity index (χ3v) is 2.89. The van der Waals surface area contributed by atoms with Gasteiger partial charge in [-0.1, -0.05) is 11.6 Å². The molecule has 0 aliphatic carbocycles. The summed E-state index contributed by atoms with van der Waals surface area (Å²) in [7, 11) is 2.98. The molecule has 0 N–H and O–H groups in total. The van der Waals surface area contributed by atoms with E-state index in [1.54, 1.807) is 18.2 Å². The fourth-order valence-electron chi connectivity index (χ4n) is 1.71. The van der Waals surface area contributed by atoms with E-state index < -0.39 is 4.92 Å². The molecule has 0 spiro atoms. The van der Waals surface area contributed by atoms with E-state index in [-0.39, 0.29) is 16.5 Å². The zero-order valence-electron chi connectivity index (χ0n) is 10.7. The SMILES string of the molecule is COc1ccc(-c2ncnc(Cl)c2[N+](=O)[O-])cc1OC. The van der Waals surface area contributed by atoms with E-state index in [2.05, 4.69) is 9.97 Å². The Morgan fingerprint density at radius 2 is 1.90 bits per heavy atom. The van der Waals surface area contributed by atoms with Gasteiger partial charge in [0.05, 0.1) is 19.1 Å². The quantitative estimate of drug-likeness (QED) is 0.489. The van der Waals surface area contributed by atoms with Crippen molar-refractivity contribution in [3.63, 3.8) is 0 Å². The average Bonchev–Trinajstić information content (AvgIpc) is 2.45. The standard InChI is InChI=1S/C12H10ClN3O4/c1-19-8-4-3-7(5-9(8)20-2)10-11(16(17)18)12(13)15-6-14-10/h3-6H,1-2H3. The maximum absolute atomic E-state index is 11.1. The summed E-state index contributed by atoms with van der Waals surface area (Å²) in [5.74, 6) is 0.952. The minimum atomic E-state index is -0.617. The number of rotatable bonds is 4. The van der Waals surface area contributed by atoms with Gasteiger partial charge in [-0.2, -0.15) is 0 Å². The van der Waals surface area contributed by atoms with Crippen LogP contribution in [0.3, 0.4) is 0 Å². The predicted octanol–water partition coefficient (Wildman–Crippen LogP) is 2.72. The van der Waals surface area contributed by atoms with Gasteiger partial charge in [-0.15, -0.1) is 0 Å². The van der Waals surface area contributed by atoms with Gasteiger partial charge in [0.15, 0.2) is 17.2 Å². The Morgan fingerprint density at radius 1 is 1.20 bits per heavy atom. The van der Waals surface area contributed by atoms with Crippen molar-refractivity contribution in [2.75, 3.05) is 14.2 Å². The number of hydrogen-bond acceptors (Lipinski definition) is 6. The molecule has 0 bridgehead atoms. The number of aromatic nitrogens is 2. The Hall–Kier alpha value is -2.41. The number of methoxy groups -OCH3 is 2. The van der Waals surface area contributed by atoms with E-state index in [0.29, 0.717) is 17.1 Å². The summed E-state index contributed by atoms with van der Waals surface area (Å²) < 4.78 is 10.3. The van der Waals surface area contributed by atoms with Crippen LogP contribution in [0, 0.1) is 10.1 Å². The molecule has 0 aliphatic rings. The maximum atomic E-state index is 11.1. The van der Waals surface area contributed by atoms with Gasteiger partial charge < -0.3 is 9.47 Å². The third kappa shape index (κ3) is 2.48. The highest BCUT2D eigenvalue weighted by molar-refractivity contribution is 6.31. The second-order valence-corrected chi connectivity index (χ2v) is 4.05. The molecule has 1 aromatic carbocycles. The molecule has 0 saturated heterocycles.